The molecule has 0 saturated carbocycles. The van der Waals surface area contributed by atoms with E-state index in [1.807, 2.05) is 24.3 Å². The van der Waals surface area contributed by atoms with Gasteiger partial charge in [0.1, 0.15) is 11.6 Å². The van der Waals surface area contributed by atoms with E-state index in [9.17, 15) is 4.79 Å². The fraction of sp³-hybridized carbons (Fsp3) is 0.182. The Morgan fingerprint density at radius 2 is 2.00 bits per heavy atom. The van der Waals surface area contributed by atoms with E-state index in [0.29, 0.717) is 22.9 Å². The van der Waals surface area contributed by atoms with E-state index < -0.39 is 0 Å². The Bertz CT molecular complexity index is 1010. The minimum Gasteiger partial charge on any atom is -0.497 e. The van der Waals surface area contributed by atoms with Crippen LogP contribution in [0.15, 0.2) is 60.8 Å². The number of hydrogen-bond acceptors (Lipinski definition) is 6. The smallest absolute Gasteiger partial charge is 0.256 e. The van der Waals surface area contributed by atoms with Crippen molar-refractivity contribution in [1.29, 1.82) is 0 Å². The predicted octanol–water partition coefficient (Wildman–Crippen LogP) is 3.73. The van der Waals surface area contributed by atoms with Crippen molar-refractivity contribution in [3.8, 4) is 17.2 Å². The van der Waals surface area contributed by atoms with Crippen molar-refractivity contribution in [1.82, 2.24) is 4.98 Å². The highest BCUT2D eigenvalue weighted by atomic mass is 16.7. The summed E-state index contributed by atoms with van der Waals surface area (Å²) in [6, 6.07) is 16.7. The molecular formula is C22H21N3O4. The van der Waals surface area contributed by atoms with E-state index in [-0.39, 0.29) is 12.7 Å². The van der Waals surface area contributed by atoms with Crippen molar-refractivity contribution in [3.05, 3.63) is 71.9 Å². The minimum atomic E-state index is -0.255. The van der Waals surface area contributed by atoms with Gasteiger partial charge in [0.05, 0.1) is 19.0 Å². The molecule has 0 spiro atoms. The number of anilines is 2. The lowest BCUT2D eigenvalue weighted by molar-refractivity contribution is 0.102. The summed E-state index contributed by atoms with van der Waals surface area (Å²) in [5.41, 5.74) is 2.56. The van der Waals surface area contributed by atoms with Crippen molar-refractivity contribution < 1.29 is 19.0 Å². The van der Waals surface area contributed by atoms with Gasteiger partial charge in [-0.05, 0) is 54.4 Å². The number of aromatic nitrogens is 1. The maximum atomic E-state index is 12.4. The van der Waals surface area contributed by atoms with Crippen molar-refractivity contribution in [2.24, 2.45) is 0 Å². The molecule has 2 aromatic carbocycles. The van der Waals surface area contributed by atoms with Crippen LogP contribution in [0.2, 0.25) is 0 Å². The molecule has 7 heteroatoms. The van der Waals surface area contributed by atoms with Gasteiger partial charge in [0.2, 0.25) is 6.79 Å². The summed E-state index contributed by atoms with van der Waals surface area (Å²) in [7, 11) is 1.66. The number of benzene rings is 2. The van der Waals surface area contributed by atoms with E-state index in [4.69, 9.17) is 14.2 Å². The van der Waals surface area contributed by atoms with Gasteiger partial charge in [-0.15, -0.1) is 0 Å². The van der Waals surface area contributed by atoms with Crippen LogP contribution in [-0.2, 0) is 6.42 Å². The first-order valence-corrected chi connectivity index (χ1v) is 9.25. The van der Waals surface area contributed by atoms with Gasteiger partial charge in [-0.1, -0.05) is 12.1 Å². The predicted molar refractivity (Wildman–Crippen MR) is 110 cm³/mol. The number of carbonyl (C=O) groups excluding carboxylic acids is 1. The molecule has 0 atom stereocenters. The maximum absolute atomic E-state index is 12.4. The van der Waals surface area contributed by atoms with E-state index in [2.05, 4.69) is 21.7 Å². The van der Waals surface area contributed by atoms with Crippen LogP contribution in [0.3, 0.4) is 0 Å². The van der Waals surface area contributed by atoms with Crippen LogP contribution < -0.4 is 24.8 Å². The third kappa shape index (κ3) is 4.57. The Hall–Kier alpha value is -3.74. The first kappa shape index (κ1) is 18.6. The fourth-order valence-electron chi connectivity index (χ4n) is 2.98. The zero-order valence-corrected chi connectivity index (χ0v) is 16.0. The molecule has 3 aromatic rings. The summed E-state index contributed by atoms with van der Waals surface area (Å²) in [6.45, 7) is 0.936. The van der Waals surface area contributed by atoms with Crippen molar-refractivity contribution >= 4 is 17.4 Å². The molecule has 0 saturated heterocycles. The lowest BCUT2D eigenvalue weighted by Gasteiger charge is -2.09. The summed E-state index contributed by atoms with van der Waals surface area (Å²) in [5.74, 6) is 2.29. The Morgan fingerprint density at radius 1 is 1.10 bits per heavy atom. The topological polar surface area (TPSA) is 81.7 Å². The quantitative estimate of drug-likeness (QED) is 0.639. The summed E-state index contributed by atoms with van der Waals surface area (Å²) < 4.78 is 15.8. The SMILES string of the molecule is COc1cccc(CCNc2ccc(NC(=O)c3ccc4c(c3)OCO4)nc2)c1. The molecule has 0 fully saturated rings. The molecule has 0 bridgehead atoms. The lowest BCUT2D eigenvalue weighted by atomic mass is 10.1. The molecule has 148 valence electrons. The second kappa shape index (κ2) is 8.52. The van der Waals surface area contributed by atoms with Crippen LogP contribution in [0.4, 0.5) is 11.5 Å². The number of fused-ring (bicyclic) bond motifs is 1. The van der Waals surface area contributed by atoms with Gasteiger partial charge < -0.3 is 24.8 Å². The molecule has 2 heterocycles. The molecule has 1 aromatic heterocycles. The summed E-state index contributed by atoms with van der Waals surface area (Å²) in [4.78, 5) is 16.7. The third-order valence-corrected chi connectivity index (χ3v) is 4.52. The van der Waals surface area contributed by atoms with Gasteiger partial charge in [-0.25, -0.2) is 4.98 Å². The number of nitrogens with one attached hydrogen (secondary N) is 2. The summed E-state index contributed by atoms with van der Waals surface area (Å²) >= 11 is 0. The Balaban J connectivity index is 1.30. The number of hydrogen-bond donors (Lipinski definition) is 2. The standard InChI is InChI=1S/C22H21N3O4/c1-27-18-4-2-3-15(11-18)9-10-23-17-6-8-21(24-13-17)25-22(26)16-5-7-19-20(12-16)29-14-28-19/h2-8,11-13,23H,9-10,14H2,1H3,(H,24,25,26). The van der Waals surface area contributed by atoms with E-state index in [0.717, 1.165) is 24.4 Å². The Morgan fingerprint density at radius 3 is 2.83 bits per heavy atom. The second-order valence-electron chi connectivity index (χ2n) is 6.48. The van der Waals surface area contributed by atoms with Gasteiger partial charge in [-0.3, -0.25) is 4.79 Å². The molecule has 1 aliphatic rings. The number of nitrogens with zero attached hydrogens (tertiary/aromatic N) is 1. The summed E-state index contributed by atoms with van der Waals surface area (Å²) in [5, 5.41) is 6.11. The molecule has 0 unspecified atom stereocenters. The number of amides is 1. The molecule has 7 nitrogen and oxygen atoms in total. The van der Waals surface area contributed by atoms with Gasteiger partial charge in [0.15, 0.2) is 11.5 Å². The first-order valence-electron chi connectivity index (χ1n) is 9.25. The number of carbonyl (C=O) groups is 1. The zero-order valence-electron chi connectivity index (χ0n) is 16.0. The first-order chi connectivity index (χ1) is 14.2. The van der Waals surface area contributed by atoms with Crippen molar-refractivity contribution in [2.45, 2.75) is 6.42 Å². The normalized spacial score (nSPS) is 11.8. The lowest BCUT2D eigenvalue weighted by Crippen LogP contribution is -2.13. The number of pyridine rings is 1. The van der Waals surface area contributed by atoms with Crippen molar-refractivity contribution in [3.63, 3.8) is 0 Å². The number of rotatable bonds is 7. The van der Waals surface area contributed by atoms with Crippen LogP contribution in [0.25, 0.3) is 0 Å². The molecule has 2 N–H and O–H groups in total. The molecule has 0 radical (unpaired) electrons. The molecule has 4 rings (SSSR count). The summed E-state index contributed by atoms with van der Waals surface area (Å²) in [6.07, 6.45) is 2.56. The van der Waals surface area contributed by atoms with Gasteiger partial charge in [0.25, 0.3) is 5.91 Å². The fourth-order valence-corrected chi connectivity index (χ4v) is 2.98. The van der Waals surface area contributed by atoms with E-state index in [1.54, 1.807) is 37.6 Å². The van der Waals surface area contributed by atoms with Crippen LogP contribution in [0.5, 0.6) is 17.2 Å². The van der Waals surface area contributed by atoms with Crippen LogP contribution in [0.1, 0.15) is 15.9 Å². The third-order valence-electron chi connectivity index (χ3n) is 4.52. The Kier molecular flexibility index (Phi) is 5.47. The Labute approximate surface area is 168 Å². The van der Waals surface area contributed by atoms with Crippen molar-refractivity contribution in [2.75, 3.05) is 31.1 Å². The van der Waals surface area contributed by atoms with Crippen LogP contribution >= 0.6 is 0 Å². The van der Waals surface area contributed by atoms with Gasteiger partial charge >= 0.3 is 0 Å². The average Bonchev–Trinajstić information content (AvgIpc) is 3.23. The molecule has 29 heavy (non-hydrogen) atoms. The number of ether oxygens (including phenoxy) is 3. The molecule has 1 aliphatic heterocycles. The van der Waals surface area contributed by atoms with Gasteiger partial charge in [-0.2, -0.15) is 0 Å². The number of methoxy groups -OCH3 is 1. The average molecular weight is 391 g/mol. The van der Waals surface area contributed by atoms with Gasteiger partial charge in [0, 0.05) is 12.1 Å². The van der Waals surface area contributed by atoms with E-state index in [1.165, 1.54) is 5.56 Å². The monoisotopic (exact) mass is 391 g/mol. The highest BCUT2D eigenvalue weighted by molar-refractivity contribution is 6.04. The van der Waals surface area contributed by atoms with Crippen LogP contribution in [-0.4, -0.2) is 31.3 Å². The van der Waals surface area contributed by atoms with E-state index >= 15 is 0 Å². The minimum absolute atomic E-state index is 0.175. The molecule has 0 aliphatic carbocycles. The second-order valence-corrected chi connectivity index (χ2v) is 6.48. The highest BCUT2D eigenvalue weighted by Crippen LogP contribution is 2.32. The molecular weight excluding hydrogens is 370 g/mol. The maximum Gasteiger partial charge on any atom is 0.256 e. The molecule has 1 amide bonds. The van der Waals surface area contributed by atoms with Crippen LogP contribution in [0, 0.1) is 0 Å². The highest BCUT2D eigenvalue weighted by Gasteiger charge is 2.16. The largest absolute Gasteiger partial charge is 0.497 e. The zero-order chi connectivity index (χ0) is 20.1.